The maximum Gasteiger partial charge on any atom is 0.254 e. The van der Waals surface area contributed by atoms with Crippen LogP contribution in [0.25, 0.3) is 0 Å². The third kappa shape index (κ3) is 5.73. The molecule has 7 heteroatoms. The Morgan fingerprint density at radius 2 is 1.92 bits per heavy atom. The van der Waals surface area contributed by atoms with E-state index in [1.165, 1.54) is 10.4 Å². The quantitative estimate of drug-likeness (QED) is 0.384. The molecule has 0 bridgehead atoms. The van der Waals surface area contributed by atoms with Gasteiger partial charge in [-0.15, -0.1) is 11.3 Å². The molecule has 1 aromatic heterocycles. The smallest absolute Gasteiger partial charge is 0.254 e. The minimum absolute atomic E-state index is 0.0194. The summed E-state index contributed by atoms with van der Waals surface area (Å²) in [6.07, 6.45) is 1.56. The highest BCUT2D eigenvalue weighted by Gasteiger charge is 2.34. The molecule has 0 saturated heterocycles. The van der Waals surface area contributed by atoms with E-state index in [9.17, 15) is 9.59 Å². The highest BCUT2D eigenvalue weighted by atomic mass is 32.1. The molecular formula is C29H34N2O4S. The number of hydrogen-bond acceptors (Lipinski definition) is 5. The summed E-state index contributed by atoms with van der Waals surface area (Å²) in [5, 5.41) is 2.08. The van der Waals surface area contributed by atoms with Crippen molar-refractivity contribution < 1.29 is 19.1 Å². The first-order valence-corrected chi connectivity index (χ1v) is 13.3. The van der Waals surface area contributed by atoms with Gasteiger partial charge >= 0.3 is 0 Å². The highest BCUT2D eigenvalue weighted by molar-refractivity contribution is 7.10. The predicted octanol–water partition coefficient (Wildman–Crippen LogP) is 5.51. The molecule has 3 aromatic rings. The van der Waals surface area contributed by atoms with E-state index in [1.54, 1.807) is 47.6 Å². The van der Waals surface area contributed by atoms with Crippen LogP contribution in [0, 0.1) is 6.92 Å². The first-order valence-electron chi connectivity index (χ1n) is 12.4. The summed E-state index contributed by atoms with van der Waals surface area (Å²) in [5.74, 6) is 1.16. The zero-order valence-corrected chi connectivity index (χ0v) is 22.2. The van der Waals surface area contributed by atoms with Crippen molar-refractivity contribution in [1.82, 2.24) is 9.80 Å². The summed E-state index contributed by atoms with van der Waals surface area (Å²) >= 11 is 1.72. The molecule has 0 spiro atoms. The molecule has 0 saturated carbocycles. The Morgan fingerprint density at radius 1 is 1.14 bits per heavy atom. The molecule has 6 nitrogen and oxygen atoms in total. The molecule has 0 N–H and O–H groups in total. The van der Waals surface area contributed by atoms with Gasteiger partial charge in [-0.2, -0.15) is 0 Å². The Morgan fingerprint density at radius 3 is 2.64 bits per heavy atom. The van der Waals surface area contributed by atoms with Gasteiger partial charge < -0.3 is 19.3 Å². The van der Waals surface area contributed by atoms with Crippen LogP contribution in [-0.2, 0) is 11.2 Å². The lowest BCUT2D eigenvalue weighted by Gasteiger charge is -2.38. The molecule has 0 aliphatic carbocycles. The molecule has 1 aliphatic heterocycles. The van der Waals surface area contributed by atoms with Crippen LogP contribution in [0.2, 0.25) is 0 Å². The second-order valence-electron chi connectivity index (χ2n) is 9.20. The first-order chi connectivity index (χ1) is 17.4. The lowest BCUT2D eigenvalue weighted by Crippen LogP contribution is -2.49. The van der Waals surface area contributed by atoms with Crippen LogP contribution in [0.15, 0.2) is 60.0 Å². The van der Waals surface area contributed by atoms with Crippen molar-refractivity contribution in [3.8, 4) is 11.5 Å². The SMILES string of the molecule is CCC(C)N(CC(=O)N1CCc2sccc2C1COc1ccc(C)cc1)C(=O)c1cccc(OC)c1. The molecule has 0 radical (unpaired) electrons. The van der Waals surface area contributed by atoms with Crippen molar-refractivity contribution in [1.29, 1.82) is 0 Å². The summed E-state index contributed by atoms with van der Waals surface area (Å²) < 4.78 is 11.4. The maximum atomic E-state index is 13.7. The Hall–Kier alpha value is -3.32. The molecule has 36 heavy (non-hydrogen) atoms. The van der Waals surface area contributed by atoms with Gasteiger partial charge in [-0.1, -0.05) is 30.7 Å². The fourth-order valence-electron chi connectivity index (χ4n) is 4.49. The molecule has 2 unspecified atom stereocenters. The fourth-order valence-corrected chi connectivity index (χ4v) is 5.42. The van der Waals surface area contributed by atoms with E-state index in [2.05, 4.69) is 11.4 Å². The van der Waals surface area contributed by atoms with Gasteiger partial charge in [-0.05, 0) is 74.0 Å². The summed E-state index contributed by atoms with van der Waals surface area (Å²) in [5.41, 5.74) is 2.82. The minimum Gasteiger partial charge on any atom is -0.497 e. The Balaban J connectivity index is 1.54. The van der Waals surface area contributed by atoms with E-state index in [1.807, 2.05) is 49.9 Å². The number of carbonyl (C=O) groups excluding carboxylic acids is 2. The van der Waals surface area contributed by atoms with Crippen molar-refractivity contribution in [3.05, 3.63) is 81.5 Å². The van der Waals surface area contributed by atoms with Gasteiger partial charge in [-0.25, -0.2) is 0 Å². The van der Waals surface area contributed by atoms with Crippen LogP contribution in [-0.4, -0.2) is 54.5 Å². The Bertz CT molecular complexity index is 1190. The van der Waals surface area contributed by atoms with Crippen molar-refractivity contribution in [3.63, 3.8) is 0 Å². The number of amides is 2. The van der Waals surface area contributed by atoms with E-state index >= 15 is 0 Å². The number of aryl methyl sites for hydroxylation is 1. The normalized spacial score (nSPS) is 15.7. The monoisotopic (exact) mass is 506 g/mol. The van der Waals surface area contributed by atoms with Crippen LogP contribution in [0.4, 0.5) is 0 Å². The molecular weight excluding hydrogens is 472 g/mol. The van der Waals surface area contributed by atoms with Gasteiger partial charge in [0.05, 0.1) is 13.2 Å². The number of carbonyl (C=O) groups is 2. The number of methoxy groups -OCH3 is 1. The summed E-state index contributed by atoms with van der Waals surface area (Å²) in [4.78, 5) is 32.1. The lowest BCUT2D eigenvalue weighted by molar-refractivity contribution is -0.136. The third-order valence-corrected chi connectivity index (χ3v) is 7.85. The standard InChI is InChI=1S/C29H34N2O4S/c1-5-21(3)31(29(33)22-7-6-8-24(17-22)34-4)18-28(32)30-15-13-27-25(14-16-36-27)26(30)19-35-23-11-9-20(2)10-12-23/h6-12,14,16-17,21,26H,5,13,15,18-19H2,1-4H3. The van der Waals surface area contributed by atoms with E-state index in [4.69, 9.17) is 9.47 Å². The maximum absolute atomic E-state index is 13.7. The number of thiophene rings is 1. The number of benzene rings is 2. The van der Waals surface area contributed by atoms with Crippen molar-refractivity contribution in [2.45, 2.75) is 45.7 Å². The van der Waals surface area contributed by atoms with Crippen molar-refractivity contribution >= 4 is 23.2 Å². The second kappa shape index (κ2) is 11.6. The lowest BCUT2D eigenvalue weighted by atomic mass is 10.00. The second-order valence-corrected chi connectivity index (χ2v) is 10.2. The summed E-state index contributed by atoms with van der Waals surface area (Å²) in [7, 11) is 1.58. The highest BCUT2D eigenvalue weighted by Crippen LogP contribution is 2.34. The van der Waals surface area contributed by atoms with Crippen LogP contribution >= 0.6 is 11.3 Å². The van der Waals surface area contributed by atoms with Crippen LogP contribution in [0.1, 0.15) is 52.7 Å². The van der Waals surface area contributed by atoms with E-state index < -0.39 is 0 Å². The molecule has 2 aromatic carbocycles. The number of ether oxygens (including phenoxy) is 2. The van der Waals surface area contributed by atoms with Crippen LogP contribution < -0.4 is 9.47 Å². The molecule has 190 valence electrons. The van der Waals surface area contributed by atoms with Gasteiger partial charge in [-0.3, -0.25) is 9.59 Å². The van der Waals surface area contributed by atoms with Crippen LogP contribution in [0.5, 0.6) is 11.5 Å². The summed E-state index contributed by atoms with van der Waals surface area (Å²) in [6, 6.07) is 16.8. The molecule has 4 rings (SSSR count). The zero-order valence-electron chi connectivity index (χ0n) is 21.4. The minimum atomic E-state index is -0.195. The number of hydrogen-bond donors (Lipinski definition) is 0. The van der Waals surface area contributed by atoms with E-state index in [0.29, 0.717) is 24.5 Å². The average molecular weight is 507 g/mol. The van der Waals surface area contributed by atoms with Gasteiger partial charge in [0.1, 0.15) is 24.7 Å². The Kier molecular flexibility index (Phi) is 8.31. The molecule has 2 atom stereocenters. The van der Waals surface area contributed by atoms with Gasteiger partial charge in [0.25, 0.3) is 5.91 Å². The average Bonchev–Trinajstić information content (AvgIpc) is 3.39. The molecule has 0 fully saturated rings. The van der Waals surface area contributed by atoms with E-state index in [0.717, 1.165) is 24.2 Å². The molecule has 2 amide bonds. The van der Waals surface area contributed by atoms with Crippen molar-refractivity contribution in [2.75, 3.05) is 26.8 Å². The van der Waals surface area contributed by atoms with Gasteiger partial charge in [0.2, 0.25) is 5.91 Å². The number of nitrogens with zero attached hydrogens (tertiary/aromatic N) is 2. The van der Waals surface area contributed by atoms with Crippen molar-refractivity contribution in [2.24, 2.45) is 0 Å². The first kappa shape index (κ1) is 25.8. The number of fused-ring (bicyclic) bond motifs is 1. The third-order valence-electron chi connectivity index (χ3n) is 6.85. The van der Waals surface area contributed by atoms with Gasteiger partial charge in [0, 0.05) is 23.0 Å². The zero-order chi connectivity index (χ0) is 25.7. The topological polar surface area (TPSA) is 59.1 Å². The van der Waals surface area contributed by atoms with Crippen LogP contribution in [0.3, 0.4) is 0 Å². The van der Waals surface area contributed by atoms with Gasteiger partial charge in [0.15, 0.2) is 0 Å². The molecule has 1 aliphatic rings. The summed E-state index contributed by atoms with van der Waals surface area (Å²) in [6.45, 7) is 7.04. The number of rotatable bonds is 9. The molecule has 2 heterocycles. The predicted molar refractivity (Wildman–Crippen MR) is 143 cm³/mol. The van der Waals surface area contributed by atoms with E-state index in [-0.39, 0.29) is 30.4 Å². The fraction of sp³-hybridized carbons (Fsp3) is 0.379. The largest absolute Gasteiger partial charge is 0.497 e. The Labute approximate surface area is 217 Å².